The van der Waals surface area contributed by atoms with Crippen LogP contribution < -0.4 is 4.90 Å². The third-order valence-corrected chi connectivity index (χ3v) is 6.24. The molecule has 1 aromatic heterocycles. The number of piperidine rings is 1. The van der Waals surface area contributed by atoms with Crippen molar-refractivity contribution in [1.29, 1.82) is 0 Å². The smallest absolute Gasteiger partial charge is 0.272 e. The van der Waals surface area contributed by atoms with Gasteiger partial charge in [-0.2, -0.15) is 0 Å². The van der Waals surface area contributed by atoms with Crippen LogP contribution in [0.5, 0.6) is 0 Å². The van der Waals surface area contributed by atoms with Gasteiger partial charge < -0.3 is 9.80 Å². The molecule has 26 heavy (non-hydrogen) atoms. The number of rotatable bonds is 3. The molecule has 4 rings (SSSR count). The summed E-state index contributed by atoms with van der Waals surface area (Å²) in [5.41, 5.74) is 0.548. The Morgan fingerprint density at radius 3 is 2.27 bits per heavy atom. The maximum atomic E-state index is 12.9. The Labute approximate surface area is 156 Å². The minimum atomic E-state index is 0.0638. The number of hydrogen-bond donors (Lipinski definition) is 0. The molecule has 2 aliphatic heterocycles. The first-order valence-electron chi connectivity index (χ1n) is 10.4. The average molecular weight is 358 g/mol. The Morgan fingerprint density at radius 2 is 1.54 bits per heavy atom. The predicted molar refractivity (Wildman–Crippen MR) is 102 cm³/mol. The van der Waals surface area contributed by atoms with Gasteiger partial charge >= 0.3 is 0 Å². The summed E-state index contributed by atoms with van der Waals surface area (Å²) in [5.74, 6) is 0.970. The van der Waals surface area contributed by atoms with Crippen LogP contribution in [0.1, 0.15) is 61.9 Å². The summed E-state index contributed by atoms with van der Waals surface area (Å²) in [6, 6.07) is 2.63. The third-order valence-electron chi connectivity index (χ3n) is 6.24. The summed E-state index contributed by atoms with van der Waals surface area (Å²) in [6.45, 7) is 5.70. The molecule has 1 saturated carbocycles. The largest absolute Gasteiger partial charge is 0.357 e. The van der Waals surface area contributed by atoms with Crippen LogP contribution in [0.2, 0.25) is 0 Å². The van der Waals surface area contributed by atoms with Crippen molar-refractivity contribution >= 4 is 11.7 Å². The maximum Gasteiger partial charge on any atom is 0.272 e. The van der Waals surface area contributed by atoms with Gasteiger partial charge in [0.15, 0.2) is 0 Å². The maximum absolute atomic E-state index is 12.9. The van der Waals surface area contributed by atoms with Crippen LogP contribution in [-0.4, -0.2) is 71.0 Å². The average Bonchev–Trinajstić information content (AvgIpc) is 2.75. The third kappa shape index (κ3) is 4.00. The van der Waals surface area contributed by atoms with Gasteiger partial charge in [0.1, 0.15) is 17.8 Å². The molecule has 0 aromatic carbocycles. The minimum absolute atomic E-state index is 0.0638. The number of anilines is 1. The SMILES string of the molecule is O=C(c1cc(N2CCCCC2)ncn1)N1CCN(C2CCCCC2)CC1. The van der Waals surface area contributed by atoms with Crippen molar-refractivity contribution in [2.45, 2.75) is 57.4 Å². The van der Waals surface area contributed by atoms with Crippen molar-refractivity contribution in [3.63, 3.8) is 0 Å². The van der Waals surface area contributed by atoms with Crippen LogP contribution >= 0.6 is 0 Å². The number of carbonyl (C=O) groups excluding carboxylic acids is 1. The van der Waals surface area contributed by atoms with Crippen LogP contribution in [0.3, 0.4) is 0 Å². The van der Waals surface area contributed by atoms with Gasteiger partial charge in [0.25, 0.3) is 5.91 Å². The number of carbonyl (C=O) groups is 1. The molecule has 3 heterocycles. The van der Waals surface area contributed by atoms with E-state index in [2.05, 4.69) is 19.8 Å². The molecule has 6 nitrogen and oxygen atoms in total. The summed E-state index contributed by atoms with van der Waals surface area (Å²) in [7, 11) is 0. The highest BCUT2D eigenvalue weighted by atomic mass is 16.2. The number of hydrogen-bond acceptors (Lipinski definition) is 5. The Hall–Kier alpha value is -1.69. The fourth-order valence-electron chi connectivity index (χ4n) is 4.66. The standard InChI is InChI=1S/C20H31N5O/c26-20(18-15-19(22-16-21-18)24-9-5-2-6-10-24)25-13-11-23(12-14-25)17-7-3-1-4-8-17/h15-17H,1-14H2. The van der Waals surface area contributed by atoms with Gasteiger partial charge in [-0.15, -0.1) is 0 Å². The van der Waals surface area contributed by atoms with Crippen LogP contribution in [0.4, 0.5) is 5.82 Å². The molecule has 1 aliphatic carbocycles. The van der Waals surface area contributed by atoms with Gasteiger partial charge in [-0.3, -0.25) is 9.69 Å². The van der Waals surface area contributed by atoms with E-state index in [1.54, 1.807) is 6.33 Å². The number of amides is 1. The molecule has 0 radical (unpaired) electrons. The van der Waals surface area contributed by atoms with E-state index in [0.29, 0.717) is 5.69 Å². The second-order valence-corrected chi connectivity index (χ2v) is 7.93. The molecule has 3 aliphatic rings. The molecular weight excluding hydrogens is 326 g/mol. The van der Waals surface area contributed by atoms with E-state index in [9.17, 15) is 4.79 Å². The van der Waals surface area contributed by atoms with Crippen molar-refractivity contribution in [3.05, 3.63) is 18.1 Å². The van der Waals surface area contributed by atoms with Crippen LogP contribution in [-0.2, 0) is 0 Å². The lowest BCUT2D eigenvalue weighted by molar-refractivity contribution is 0.0518. The predicted octanol–water partition coefficient (Wildman–Crippen LogP) is 2.56. The van der Waals surface area contributed by atoms with E-state index in [4.69, 9.17) is 0 Å². The second kappa shape index (κ2) is 8.33. The van der Waals surface area contributed by atoms with E-state index in [-0.39, 0.29) is 5.91 Å². The normalized spacial score (nSPS) is 23.2. The van der Waals surface area contributed by atoms with E-state index in [0.717, 1.165) is 51.1 Å². The fraction of sp³-hybridized carbons (Fsp3) is 0.750. The van der Waals surface area contributed by atoms with Gasteiger partial charge in [-0.1, -0.05) is 19.3 Å². The molecule has 1 aromatic rings. The number of aromatic nitrogens is 2. The summed E-state index contributed by atoms with van der Waals surface area (Å²) < 4.78 is 0. The lowest BCUT2D eigenvalue weighted by Gasteiger charge is -2.40. The van der Waals surface area contributed by atoms with Crippen molar-refractivity contribution in [1.82, 2.24) is 19.8 Å². The quantitative estimate of drug-likeness (QED) is 0.832. The van der Waals surface area contributed by atoms with Gasteiger partial charge in [-0.05, 0) is 32.1 Å². The van der Waals surface area contributed by atoms with Gasteiger partial charge in [0.2, 0.25) is 0 Å². The lowest BCUT2D eigenvalue weighted by Crippen LogP contribution is -2.52. The molecule has 2 saturated heterocycles. The Morgan fingerprint density at radius 1 is 0.846 bits per heavy atom. The molecule has 142 valence electrons. The molecule has 0 atom stereocenters. The number of nitrogens with zero attached hydrogens (tertiary/aromatic N) is 5. The molecule has 6 heteroatoms. The molecule has 3 fully saturated rings. The van der Waals surface area contributed by atoms with Crippen molar-refractivity contribution in [3.8, 4) is 0 Å². The van der Waals surface area contributed by atoms with E-state index in [1.165, 1.54) is 51.4 Å². The zero-order valence-corrected chi connectivity index (χ0v) is 15.8. The van der Waals surface area contributed by atoms with Crippen LogP contribution in [0.15, 0.2) is 12.4 Å². The lowest BCUT2D eigenvalue weighted by atomic mass is 9.94. The Bertz CT molecular complexity index is 602. The highest BCUT2D eigenvalue weighted by Crippen LogP contribution is 2.24. The molecule has 0 N–H and O–H groups in total. The van der Waals surface area contributed by atoms with E-state index >= 15 is 0 Å². The molecular formula is C20H31N5O. The zero-order valence-electron chi connectivity index (χ0n) is 15.8. The molecule has 1 amide bonds. The topological polar surface area (TPSA) is 52.6 Å². The van der Waals surface area contributed by atoms with Crippen molar-refractivity contribution in [2.24, 2.45) is 0 Å². The first-order valence-corrected chi connectivity index (χ1v) is 10.4. The van der Waals surface area contributed by atoms with Gasteiger partial charge in [0.05, 0.1) is 0 Å². The van der Waals surface area contributed by atoms with E-state index < -0.39 is 0 Å². The Balaban J connectivity index is 1.36. The molecule has 0 unspecified atom stereocenters. The zero-order chi connectivity index (χ0) is 17.8. The number of piperazine rings is 1. The van der Waals surface area contributed by atoms with Crippen LogP contribution in [0, 0.1) is 0 Å². The Kier molecular flexibility index (Phi) is 5.68. The van der Waals surface area contributed by atoms with Crippen LogP contribution in [0.25, 0.3) is 0 Å². The highest BCUT2D eigenvalue weighted by molar-refractivity contribution is 5.93. The second-order valence-electron chi connectivity index (χ2n) is 7.93. The summed E-state index contributed by atoms with van der Waals surface area (Å²) >= 11 is 0. The first kappa shape index (κ1) is 17.7. The molecule has 0 spiro atoms. The fourth-order valence-corrected chi connectivity index (χ4v) is 4.66. The van der Waals surface area contributed by atoms with Gasteiger partial charge in [0, 0.05) is 51.4 Å². The van der Waals surface area contributed by atoms with Crippen molar-refractivity contribution < 1.29 is 4.79 Å². The minimum Gasteiger partial charge on any atom is -0.357 e. The van der Waals surface area contributed by atoms with E-state index in [1.807, 2.05) is 11.0 Å². The van der Waals surface area contributed by atoms with Crippen molar-refractivity contribution in [2.75, 3.05) is 44.2 Å². The molecule has 0 bridgehead atoms. The summed E-state index contributed by atoms with van der Waals surface area (Å²) in [4.78, 5) is 28.4. The monoisotopic (exact) mass is 357 g/mol. The summed E-state index contributed by atoms with van der Waals surface area (Å²) in [5, 5.41) is 0. The van der Waals surface area contributed by atoms with Gasteiger partial charge in [-0.25, -0.2) is 9.97 Å². The summed E-state index contributed by atoms with van der Waals surface area (Å²) in [6.07, 6.45) is 12.0. The first-order chi connectivity index (χ1) is 12.8. The highest BCUT2D eigenvalue weighted by Gasteiger charge is 2.28.